The Morgan fingerprint density at radius 2 is 1.68 bits per heavy atom. The van der Waals surface area contributed by atoms with Gasteiger partial charge in [-0.15, -0.1) is 24.0 Å². The van der Waals surface area contributed by atoms with Crippen molar-refractivity contribution >= 4 is 36.0 Å². The molecule has 0 aliphatic heterocycles. The second kappa shape index (κ2) is 11.8. The van der Waals surface area contributed by atoms with Gasteiger partial charge in [0.25, 0.3) is 0 Å². The molecule has 1 amide bonds. The number of amides is 1. The van der Waals surface area contributed by atoms with E-state index in [9.17, 15) is 4.79 Å². The highest BCUT2D eigenvalue weighted by Gasteiger charge is 2.15. The van der Waals surface area contributed by atoms with Crippen LogP contribution in [0, 0.1) is 0 Å². The first-order chi connectivity index (χ1) is 11.3. The topological polar surface area (TPSA) is 84.0 Å². The van der Waals surface area contributed by atoms with Gasteiger partial charge in [0.2, 0.25) is 0 Å². The molecule has 142 valence electrons. The molecule has 0 fully saturated rings. The van der Waals surface area contributed by atoms with E-state index in [4.69, 9.17) is 9.47 Å². The first-order valence-electron chi connectivity index (χ1n) is 7.88. The largest absolute Gasteiger partial charge is 0.497 e. The molecule has 0 saturated carbocycles. The Balaban J connectivity index is 0.00000576. The van der Waals surface area contributed by atoms with Crippen molar-refractivity contribution in [2.45, 2.75) is 32.9 Å². The molecule has 0 saturated heterocycles. The maximum atomic E-state index is 11.5. The normalized spacial score (nSPS) is 11.2. The van der Waals surface area contributed by atoms with Crippen molar-refractivity contribution in [1.29, 1.82) is 0 Å². The number of nitrogens with one attached hydrogen (secondary N) is 3. The van der Waals surface area contributed by atoms with Gasteiger partial charge in [-0.05, 0) is 38.5 Å². The molecule has 8 heteroatoms. The second-order valence-corrected chi connectivity index (χ2v) is 6.13. The zero-order chi connectivity index (χ0) is 18.0. The lowest BCUT2D eigenvalue weighted by atomic mass is 10.2. The maximum absolute atomic E-state index is 11.5. The number of alkyl carbamates (subject to hydrolysis) is 1. The minimum Gasteiger partial charge on any atom is -0.497 e. The molecule has 0 aliphatic carbocycles. The van der Waals surface area contributed by atoms with Gasteiger partial charge in [-0.1, -0.05) is 12.1 Å². The van der Waals surface area contributed by atoms with Crippen LogP contribution in [0.15, 0.2) is 29.3 Å². The van der Waals surface area contributed by atoms with Crippen molar-refractivity contribution in [3.63, 3.8) is 0 Å². The van der Waals surface area contributed by atoms with Crippen molar-refractivity contribution in [3.8, 4) is 5.75 Å². The Bertz CT molecular complexity index is 542. The van der Waals surface area contributed by atoms with Gasteiger partial charge in [-0.25, -0.2) is 4.79 Å². The summed E-state index contributed by atoms with van der Waals surface area (Å²) < 4.78 is 10.3. The zero-order valence-corrected chi connectivity index (χ0v) is 17.8. The van der Waals surface area contributed by atoms with Crippen LogP contribution in [0.4, 0.5) is 4.79 Å². The molecule has 0 bridgehead atoms. The average molecular weight is 464 g/mol. The van der Waals surface area contributed by atoms with Crippen molar-refractivity contribution < 1.29 is 14.3 Å². The Morgan fingerprint density at radius 3 is 2.20 bits per heavy atom. The summed E-state index contributed by atoms with van der Waals surface area (Å²) in [5.41, 5.74) is 0.624. The summed E-state index contributed by atoms with van der Waals surface area (Å²) in [4.78, 5) is 15.7. The lowest BCUT2D eigenvalue weighted by molar-refractivity contribution is 0.0529. The number of methoxy groups -OCH3 is 1. The zero-order valence-electron chi connectivity index (χ0n) is 15.5. The Labute approximate surface area is 167 Å². The van der Waals surface area contributed by atoms with E-state index in [1.54, 1.807) is 14.2 Å². The average Bonchev–Trinajstić information content (AvgIpc) is 2.53. The fourth-order valence-electron chi connectivity index (χ4n) is 1.81. The summed E-state index contributed by atoms with van der Waals surface area (Å²) in [6.07, 6.45) is -0.425. The van der Waals surface area contributed by atoms with Gasteiger partial charge in [-0.3, -0.25) is 4.99 Å². The number of guanidine groups is 1. The second-order valence-electron chi connectivity index (χ2n) is 6.13. The number of carbonyl (C=O) groups is 1. The minimum absolute atomic E-state index is 0. The summed E-state index contributed by atoms with van der Waals surface area (Å²) in [6, 6.07) is 7.81. The van der Waals surface area contributed by atoms with Crippen LogP contribution in [0.25, 0.3) is 0 Å². The lowest BCUT2D eigenvalue weighted by Crippen LogP contribution is -2.42. The fourth-order valence-corrected chi connectivity index (χ4v) is 1.81. The third-order valence-corrected chi connectivity index (χ3v) is 2.93. The predicted molar refractivity (Wildman–Crippen MR) is 111 cm³/mol. The smallest absolute Gasteiger partial charge is 0.407 e. The van der Waals surface area contributed by atoms with Crippen LogP contribution in [0.5, 0.6) is 5.75 Å². The first kappa shape index (κ1) is 23.3. The van der Waals surface area contributed by atoms with Crippen molar-refractivity contribution in [3.05, 3.63) is 29.8 Å². The summed E-state index contributed by atoms with van der Waals surface area (Å²) in [6.45, 7) is 7.12. The fraction of sp³-hybridized carbons (Fsp3) is 0.529. The lowest BCUT2D eigenvalue weighted by Gasteiger charge is -2.20. The molecule has 7 nitrogen and oxygen atoms in total. The van der Waals surface area contributed by atoms with Crippen molar-refractivity contribution in [2.75, 3.05) is 27.2 Å². The number of benzene rings is 1. The molecular formula is C17H29IN4O3. The van der Waals surface area contributed by atoms with E-state index in [-0.39, 0.29) is 24.0 Å². The highest BCUT2D eigenvalue weighted by atomic mass is 127. The first-order valence-corrected chi connectivity index (χ1v) is 7.88. The van der Waals surface area contributed by atoms with Gasteiger partial charge < -0.3 is 25.4 Å². The predicted octanol–water partition coefficient (Wildman–Crippen LogP) is 2.50. The highest BCUT2D eigenvalue weighted by molar-refractivity contribution is 14.0. The molecule has 3 N–H and O–H groups in total. The van der Waals surface area contributed by atoms with E-state index in [1.807, 2.05) is 45.0 Å². The van der Waals surface area contributed by atoms with Gasteiger partial charge in [0.05, 0.1) is 7.11 Å². The number of aliphatic imine (C=N–C) groups is 1. The number of carbonyl (C=O) groups excluding carboxylic acids is 1. The highest BCUT2D eigenvalue weighted by Crippen LogP contribution is 2.10. The SMILES string of the molecule is CN=C(NCCNC(=O)OC(C)(C)C)NCc1ccc(OC)cc1.I. The molecular weight excluding hydrogens is 435 g/mol. The summed E-state index contributed by atoms with van der Waals surface area (Å²) >= 11 is 0. The third kappa shape index (κ3) is 10.7. The van der Waals surface area contributed by atoms with E-state index >= 15 is 0 Å². The molecule has 0 spiro atoms. The van der Waals surface area contributed by atoms with E-state index in [2.05, 4.69) is 20.9 Å². The van der Waals surface area contributed by atoms with E-state index in [1.165, 1.54) is 0 Å². The molecule has 1 aromatic rings. The van der Waals surface area contributed by atoms with Gasteiger partial charge in [0.1, 0.15) is 11.4 Å². The molecule has 0 aliphatic rings. The van der Waals surface area contributed by atoms with Crippen molar-refractivity contribution in [1.82, 2.24) is 16.0 Å². The van der Waals surface area contributed by atoms with Crippen LogP contribution in [-0.4, -0.2) is 44.9 Å². The maximum Gasteiger partial charge on any atom is 0.407 e. The molecule has 0 radical (unpaired) electrons. The number of ether oxygens (including phenoxy) is 2. The van der Waals surface area contributed by atoms with E-state index in [0.29, 0.717) is 25.6 Å². The quantitative estimate of drug-likeness (QED) is 0.261. The number of nitrogens with zero attached hydrogens (tertiary/aromatic N) is 1. The van der Waals surface area contributed by atoms with E-state index < -0.39 is 11.7 Å². The van der Waals surface area contributed by atoms with E-state index in [0.717, 1.165) is 11.3 Å². The number of halogens is 1. The van der Waals surface area contributed by atoms with Crippen LogP contribution >= 0.6 is 24.0 Å². The molecule has 0 atom stereocenters. The molecule has 0 heterocycles. The summed E-state index contributed by atoms with van der Waals surface area (Å²) in [7, 11) is 3.34. The Hall–Kier alpha value is -1.71. The monoisotopic (exact) mass is 464 g/mol. The molecule has 1 rings (SSSR count). The van der Waals surface area contributed by atoms with Gasteiger partial charge >= 0.3 is 6.09 Å². The number of hydrogen-bond acceptors (Lipinski definition) is 4. The van der Waals surface area contributed by atoms with Gasteiger partial charge in [0, 0.05) is 26.7 Å². The minimum atomic E-state index is -0.493. The van der Waals surface area contributed by atoms with Crippen LogP contribution in [0.2, 0.25) is 0 Å². The number of rotatable bonds is 6. The van der Waals surface area contributed by atoms with Crippen LogP contribution < -0.4 is 20.7 Å². The third-order valence-electron chi connectivity index (χ3n) is 2.93. The molecule has 0 aromatic heterocycles. The standard InChI is InChI=1S/C17H28N4O3.HI/c1-17(2,3)24-16(22)20-11-10-19-15(18-4)21-12-13-6-8-14(23-5)9-7-13;/h6-9H,10-12H2,1-5H3,(H,20,22)(H2,18,19,21);1H. The number of hydrogen-bond donors (Lipinski definition) is 3. The Morgan fingerprint density at radius 1 is 1.08 bits per heavy atom. The van der Waals surface area contributed by atoms with Crippen LogP contribution in [0.1, 0.15) is 26.3 Å². The van der Waals surface area contributed by atoms with Gasteiger partial charge in [-0.2, -0.15) is 0 Å². The molecule has 0 unspecified atom stereocenters. The van der Waals surface area contributed by atoms with Crippen molar-refractivity contribution in [2.24, 2.45) is 4.99 Å². The van der Waals surface area contributed by atoms with Gasteiger partial charge in [0.15, 0.2) is 5.96 Å². The molecule has 1 aromatic carbocycles. The molecule has 25 heavy (non-hydrogen) atoms. The summed E-state index contributed by atoms with van der Waals surface area (Å²) in [5.74, 6) is 1.49. The summed E-state index contributed by atoms with van der Waals surface area (Å²) in [5, 5.41) is 9.01. The van der Waals surface area contributed by atoms with Crippen LogP contribution in [0.3, 0.4) is 0 Å². The van der Waals surface area contributed by atoms with Crippen LogP contribution in [-0.2, 0) is 11.3 Å². The Kier molecular flexibility index (Phi) is 11.0.